The Morgan fingerprint density at radius 1 is 1.50 bits per heavy atom. The number of nitrogens with one attached hydrogen (secondary N) is 2. The maximum Gasteiger partial charge on any atom is 0.180 e. The third-order valence-electron chi connectivity index (χ3n) is 1.23. The molecule has 0 amide bonds. The van der Waals surface area contributed by atoms with Gasteiger partial charge in [0.05, 0.1) is 0 Å². The Kier molecular flexibility index (Phi) is 8.42. The van der Waals surface area contributed by atoms with Crippen LogP contribution in [-0.4, -0.2) is 24.9 Å². The molecule has 4 N–H and O–H groups in total. The van der Waals surface area contributed by atoms with Crippen LogP contribution >= 0.6 is 12.2 Å². The number of hydrogen-bond donors (Lipinski definition) is 3. The molecule has 0 saturated carbocycles. The third-order valence-corrected chi connectivity index (χ3v) is 1.49. The molecule has 0 aliphatic carbocycles. The zero-order valence-corrected chi connectivity index (χ0v) is 8.25. The molecule has 0 atom stereocenters. The summed E-state index contributed by atoms with van der Waals surface area (Å²) in [6.45, 7) is 4.49. The van der Waals surface area contributed by atoms with Gasteiger partial charge in [0.1, 0.15) is 0 Å². The largest absolute Gasteiger partial charge is 0.381 e. The fourth-order valence-electron chi connectivity index (χ4n) is 0.674. The monoisotopic (exact) mass is 191 g/mol. The van der Waals surface area contributed by atoms with Crippen LogP contribution in [0.3, 0.4) is 0 Å². The molecular weight excluding hydrogens is 174 g/mol. The lowest BCUT2D eigenvalue weighted by molar-refractivity contribution is 0.133. The van der Waals surface area contributed by atoms with E-state index in [0.717, 1.165) is 32.6 Å². The summed E-state index contributed by atoms with van der Waals surface area (Å²) < 4.78 is 5.26. The number of hydrazine groups is 1. The van der Waals surface area contributed by atoms with Crippen LogP contribution in [0.1, 0.15) is 19.8 Å². The molecule has 0 aliphatic heterocycles. The molecule has 0 heterocycles. The molecule has 0 fully saturated rings. The summed E-state index contributed by atoms with van der Waals surface area (Å²) in [6, 6.07) is 0. The van der Waals surface area contributed by atoms with E-state index >= 15 is 0 Å². The summed E-state index contributed by atoms with van der Waals surface area (Å²) in [4.78, 5) is 0. The van der Waals surface area contributed by atoms with E-state index in [1.807, 2.05) is 0 Å². The van der Waals surface area contributed by atoms with Gasteiger partial charge in [-0.3, -0.25) is 0 Å². The highest BCUT2D eigenvalue weighted by Gasteiger charge is 1.90. The smallest absolute Gasteiger partial charge is 0.180 e. The van der Waals surface area contributed by atoms with Gasteiger partial charge in [0.2, 0.25) is 0 Å². The molecule has 5 heteroatoms. The SMILES string of the molecule is CCCOCCCNC(=S)NN. The van der Waals surface area contributed by atoms with E-state index in [-0.39, 0.29) is 0 Å². The first-order valence-corrected chi connectivity index (χ1v) is 4.54. The lowest BCUT2D eigenvalue weighted by atomic mass is 10.4. The van der Waals surface area contributed by atoms with Crippen LogP contribution < -0.4 is 16.6 Å². The Morgan fingerprint density at radius 3 is 2.83 bits per heavy atom. The van der Waals surface area contributed by atoms with Gasteiger partial charge in [0.15, 0.2) is 5.11 Å². The first-order valence-electron chi connectivity index (χ1n) is 4.13. The van der Waals surface area contributed by atoms with Crippen molar-refractivity contribution in [2.75, 3.05) is 19.8 Å². The second-order valence-corrected chi connectivity index (χ2v) is 2.77. The molecule has 0 aromatic heterocycles. The first kappa shape index (κ1) is 11.6. The molecule has 0 aromatic carbocycles. The van der Waals surface area contributed by atoms with Gasteiger partial charge in [0, 0.05) is 19.8 Å². The van der Waals surface area contributed by atoms with Gasteiger partial charge in [-0.1, -0.05) is 6.92 Å². The number of thiocarbonyl (C=S) groups is 1. The van der Waals surface area contributed by atoms with Crippen molar-refractivity contribution >= 4 is 17.3 Å². The Hall–Kier alpha value is -0.390. The minimum Gasteiger partial charge on any atom is -0.381 e. The van der Waals surface area contributed by atoms with Crippen molar-refractivity contribution in [3.05, 3.63) is 0 Å². The van der Waals surface area contributed by atoms with Crippen molar-refractivity contribution in [2.24, 2.45) is 5.84 Å². The topological polar surface area (TPSA) is 59.3 Å². The first-order chi connectivity index (χ1) is 5.81. The van der Waals surface area contributed by atoms with Gasteiger partial charge in [0.25, 0.3) is 0 Å². The highest BCUT2D eigenvalue weighted by Crippen LogP contribution is 1.83. The van der Waals surface area contributed by atoms with Crippen molar-refractivity contribution in [3.8, 4) is 0 Å². The highest BCUT2D eigenvalue weighted by atomic mass is 32.1. The van der Waals surface area contributed by atoms with E-state index in [9.17, 15) is 0 Å². The van der Waals surface area contributed by atoms with Gasteiger partial charge >= 0.3 is 0 Å². The average molecular weight is 191 g/mol. The molecule has 0 aromatic rings. The highest BCUT2D eigenvalue weighted by molar-refractivity contribution is 7.80. The fourth-order valence-corrected chi connectivity index (χ4v) is 0.776. The summed E-state index contributed by atoms with van der Waals surface area (Å²) in [5.74, 6) is 5.05. The molecule has 0 rings (SSSR count). The summed E-state index contributed by atoms with van der Waals surface area (Å²) in [5, 5.41) is 3.40. The lowest BCUT2D eigenvalue weighted by Gasteiger charge is -2.06. The number of ether oxygens (including phenoxy) is 1. The minimum atomic E-state index is 0.477. The van der Waals surface area contributed by atoms with Crippen molar-refractivity contribution in [2.45, 2.75) is 19.8 Å². The summed E-state index contributed by atoms with van der Waals surface area (Å²) in [6.07, 6.45) is 2.01. The quantitative estimate of drug-likeness (QED) is 0.241. The molecule has 72 valence electrons. The Bertz CT molecular complexity index is 121. The van der Waals surface area contributed by atoms with E-state index in [2.05, 4.69) is 17.7 Å². The molecule has 0 spiro atoms. The third kappa shape index (κ3) is 7.71. The fraction of sp³-hybridized carbons (Fsp3) is 0.857. The van der Waals surface area contributed by atoms with E-state index < -0.39 is 0 Å². The molecule has 4 nitrogen and oxygen atoms in total. The van der Waals surface area contributed by atoms with Crippen LogP contribution in [0.15, 0.2) is 0 Å². The molecular formula is C7H17N3OS. The van der Waals surface area contributed by atoms with Crippen LogP contribution in [0.2, 0.25) is 0 Å². The maximum absolute atomic E-state index is 5.26. The van der Waals surface area contributed by atoms with E-state index in [1.165, 1.54) is 0 Å². The second kappa shape index (κ2) is 8.70. The molecule has 12 heavy (non-hydrogen) atoms. The van der Waals surface area contributed by atoms with Gasteiger partial charge in [-0.25, -0.2) is 5.84 Å². The Balaban J connectivity index is 2.95. The molecule has 0 radical (unpaired) electrons. The Labute approximate surface area is 78.8 Å². The molecule has 0 unspecified atom stereocenters. The normalized spacial score (nSPS) is 9.50. The zero-order chi connectivity index (χ0) is 9.23. The summed E-state index contributed by atoms with van der Waals surface area (Å²) in [7, 11) is 0. The Morgan fingerprint density at radius 2 is 2.25 bits per heavy atom. The van der Waals surface area contributed by atoms with Gasteiger partial charge < -0.3 is 15.5 Å². The van der Waals surface area contributed by atoms with Gasteiger partial charge in [-0.2, -0.15) is 0 Å². The van der Waals surface area contributed by atoms with Crippen LogP contribution in [0, 0.1) is 0 Å². The van der Waals surface area contributed by atoms with Crippen molar-refractivity contribution in [1.82, 2.24) is 10.7 Å². The van der Waals surface area contributed by atoms with E-state index in [4.69, 9.17) is 22.8 Å². The van der Waals surface area contributed by atoms with E-state index in [0.29, 0.717) is 5.11 Å². The minimum absolute atomic E-state index is 0.477. The molecule has 0 aliphatic rings. The second-order valence-electron chi connectivity index (χ2n) is 2.37. The van der Waals surface area contributed by atoms with Crippen LogP contribution in [-0.2, 0) is 4.74 Å². The standard InChI is InChI=1S/C7H17N3OS/c1-2-5-11-6-3-4-9-7(12)10-8/h2-6,8H2,1H3,(H2,9,10,12). The zero-order valence-electron chi connectivity index (χ0n) is 7.43. The molecule has 0 bridgehead atoms. The van der Waals surface area contributed by atoms with Gasteiger partial charge in [-0.15, -0.1) is 0 Å². The predicted octanol–water partition coefficient (Wildman–Crippen LogP) is 0.141. The maximum atomic E-state index is 5.26. The van der Waals surface area contributed by atoms with Crippen LogP contribution in [0.5, 0.6) is 0 Å². The summed E-state index contributed by atoms with van der Waals surface area (Å²) in [5.41, 5.74) is 2.35. The predicted molar refractivity (Wildman–Crippen MR) is 53.7 cm³/mol. The van der Waals surface area contributed by atoms with Gasteiger partial charge in [-0.05, 0) is 25.1 Å². The van der Waals surface area contributed by atoms with Crippen molar-refractivity contribution in [1.29, 1.82) is 0 Å². The van der Waals surface area contributed by atoms with Crippen molar-refractivity contribution < 1.29 is 4.74 Å². The van der Waals surface area contributed by atoms with Crippen LogP contribution in [0.4, 0.5) is 0 Å². The number of nitrogens with two attached hydrogens (primary N) is 1. The number of hydrogen-bond acceptors (Lipinski definition) is 3. The average Bonchev–Trinajstić information content (AvgIpc) is 2.10. The van der Waals surface area contributed by atoms with Crippen LogP contribution in [0.25, 0.3) is 0 Å². The van der Waals surface area contributed by atoms with E-state index in [1.54, 1.807) is 0 Å². The van der Waals surface area contributed by atoms with Crippen molar-refractivity contribution in [3.63, 3.8) is 0 Å². The number of rotatable bonds is 6. The summed E-state index contributed by atoms with van der Waals surface area (Å²) >= 11 is 4.77. The molecule has 0 saturated heterocycles. The lowest BCUT2D eigenvalue weighted by Crippen LogP contribution is -2.40.